The number of rotatable bonds is 47. The van der Waals surface area contributed by atoms with E-state index in [4.69, 9.17) is 14.2 Å². The predicted octanol–water partition coefficient (Wildman–Crippen LogP) is 15.0. The Hall–Kier alpha value is -2.45. The molecule has 0 amide bonds. The maximum Gasteiger partial charge on any atom is 0.362 e. The Morgan fingerprint density at radius 2 is 0.855 bits per heavy atom. The highest BCUT2D eigenvalue weighted by Crippen LogP contribution is 2.15. The Morgan fingerprint density at radius 1 is 0.484 bits per heavy atom. The minimum atomic E-state index is -0.874. The Morgan fingerprint density at radius 3 is 1.29 bits per heavy atom. The number of unbranched alkanes of at least 4 members (excludes halogenated alkanes) is 28. The molecule has 8 heteroatoms. The summed E-state index contributed by atoms with van der Waals surface area (Å²) in [7, 11) is 5.54. The second-order valence-electron chi connectivity index (χ2n) is 18.8. The smallest absolute Gasteiger partial charge is 0.362 e. The second kappa shape index (κ2) is 45.1. The van der Waals surface area contributed by atoms with Crippen molar-refractivity contribution in [3.8, 4) is 0 Å². The van der Waals surface area contributed by atoms with Gasteiger partial charge in [-0.25, -0.2) is 4.79 Å². The van der Waals surface area contributed by atoms with Crippen LogP contribution in [0.4, 0.5) is 0 Å². The molecule has 0 rings (SSSR count). The summed E-state index contributed by atoms with van der Waals surface area (Å²) in [6, 6.07) is -0.615. The molecule has 0 saturated heterocycles. The summed E-state index contributed by atoms with van der Waals surface area (Å²) < 4.78 is 17.4. The maximum atomic E-state index is 12.8. The van der Waals surface area contributed by atoms with Crippen LogP contribution in [0.3, 0.4) is 0 Å². The summed E-state index contributed by atoms with van der Waals surface area (Å²) in [6.45, 7) is 4.73. The average Bonchev–Trinajstić information content (AvgIpc) is 3.23. The van der Waals surface area contributed by atoms with E-state index < -0.39 is 18.1 Å². The minimum absolute atomic E-state index is 0.0525. The molecular weight excluding hydrogens is 775 g/mol. The van der Waals surface area contributed by atoms with E-state index in [1.165, 1.54) is 167 Å². The molecule has 1 N–H and O–H groups in total. The maximum absolute atomic E-state index is 12.8. The van der Waals surface area contributed by atoms with Crippen LogP contribution < -0.4 is 0 Å². The Bertz CT molecular complexity index is 1110. The van der Waals surface area contributed by atoms with Crippen LogP contribution >= 0.6 is 0 Å². The number of carbonyl (C=O) groups is 3. The van der Waals surface area contributed by atoms with Crippen LogP contribution in [0.5, 0.6) is 0 Å². The van der Waals surface area contributed by atoms with E-state index in [1.54, 1.807) is 0 Å². The van der Waals surface area contributed by atoms with Crippen molar-refractivity contribution < 1.29 is 38.2 Å². The zero-order valence-corrected chi connectivity index (χ0v) is 41.3. The molecular formula is C54H100NO7+. The largest absolute Gasteiger partial charge is 0.477 e. The van der Waals surface area contributed by atoms with Gasteiger partial charge in [0.05, 0.1) is 34.4 Å². The van der Waals surface area contributed by atoms with Crippen LogP contribution in [-0.2, 0) is 28.6 Å². The van der Waals surface area contributed by atoms with Gasteiger partial charge in [-0.3, -0.25) is 9.59 Å². The van der Waals surface area contributed by atoms with Gasteiger partial charge in [0.2, 0.25) is 0 Å². The number of carboxylic acids is 1. The molecule has 0 aromatic rings. The van der Waals surface area contributed by atoms with E-state index in [0.29, 0.717) is 19.3 Å². The molecule has 0 heterocycles. The van der Waals surface area contributed by atoms with Crippen LogP contribution in [0.25, 0.3) is 0 Å². The fourth-order valence-corrected chi connectivity index (χ4v) is 7.73. The van der Waals surface area contributed by atoms with Crippen molar-refractivity contribution in [3.63, 3.8) is 0 Å². The summed E-state index contributed by atoms with van der Waals surface area (Å²) in [6.07, 6.45) is 53.3. The number of hydrogen-bond acceptors (Lipinski definition) is 6. The fourth-order valence-electron chi connectivity index (χ4n) is 7.73. The first-order valence-corrected chi connectivity index (χ1v) is 26.0. The zero-order valence-electron chi connectivity index (χ0n) is 41.3. The summed E-state index contributed by atoms with van der Waals surface area (Å²) in [4.78, 5) is 37.2. The zero-order chi connectivity index (χ0) is 45.6. The van der Waals surface area contributed by atoms with Crippen LogP contribution in [0, 0.1) is 0 Å². The molecule has 0 fully saturated rings. The van der Waals surface area contributed by atoms with Gasteiger partial charge in [-0.05, 0) is 64.2 Å². The van der Waals surface area contributed by atoms with Crippen molar-refractivity contribution in [2.75, 3.05) is 41.0 Å². The molecule has 0 bridgehead atoms. The molecule has 2 unspecified atom stereocenters. The molecule has 0 aromatic carbocycles. The number of nitrogens with zero attached hydrogens (tertiary/aromatic N) is 1. The summed E-state index contributed by atoms with van der Waals surface area (Å²) in [5, 5.41) is 9.65. The third-order valence-corrected chi connectivity index (χ3v) is 11.8. The van der Waals surface area contributed by atoms with Crippen molar-refractivity contribution >= 4 is 17.9 Å². The van der Waals surface area contributed by atoms with Gasteiger partial charge in [0.1, 0.15) is 6.61 Å². The number of esters is 2. The Labute approximate surface area is 383 Å². The average molecular weight is 875 g/mol. The summed E-state index contributed by atoms with van der Waals surface area (Å²) in [5.41, 5.74) is 0. The molecule has 2 atom stereocenters. The van der Waals surface area contributed by atoms with Crippen molar-refractivity contribution in [2.45, 2.75) is 251 Å². The van der Waals surface area contributed by atoms with Crippen LogP contribution in [-0.4, -0.2) is 80.6 Å². The lowest BCUT2D eigenvalue weighted by atomic mass is 10.1. The van der Waals surface area contributed by atoms with Gasteiger partial charge in [0.15, 0.2) is 12.1 Å². The van der Waals surface area contributed by atoms with Crippen LogP contribution in [0.2, 0.25) is 0 Å². The molecule has 0 aromatic heterocycles. The van der Waals surface area contributed by atoms with E-state index in [1.807, 2.05) is 21.1 Å². The highest BCUT2D eigenvalue weighted by atomic mass is 16.6. The number of quaternary nitrogens is 1. The third kappa shape index (κ3) is 42.8. The van der Waals surface area contributed by atoms with Crippen molar-refractivity contribution in [3.05, 3.63) is 36.5 Å². The molecule has 0 aliphatic carbocycles. The SMILES string of the molecule is CCCCC/C=C/C=C/CCCCCCCCCCCCC(=O)OC(COCCC(C(=O)O)[N+](C)(C)C)COC(=O)CCCCCCCCC/C=C/CCCCCCCCCC. The van der Waals surface area contributed by atoms with E-state index in [9.17, 15) is 19.5 Å². The molecule has 362 valence electrons. The van der Waals surface area contributed by atoms with E-state index >= 15 is 0 Å². The molecule has 0 spiro atoms. The van der Waals surface area contributed by atoms with Gasteiger partial charge in [0.25, 0.3) is 0 Å². The second-order valence-corrected chi connectivity index (χ2v) is 18.8. The number of carbonyl (C=O) groups excluding carboxylic acids is 2. The standard InChI is InChI=1S/C54H99NO7/c1-6-8-10-12-14-16-18-20-22-24-26-28-30-32-34-36-38-40-42-44-52(56)61-49-50(48-60-47-46-51(54(58)59)55(3,4)5)62-53(57)45-43-41-39-37-35-33-31-29-27-25-23-21-19-17-15-13-11-9-7-2/h15,17,19,21,24,26,50-51H,6-14,16,18,20,22-23,25,27-49H2,1-5H3/p+1/b17-15+,21-19+,26-24+. The number of carboxylic acid groups (broad SMARTS) is 1. The summed E-state index contributed by atoms with van der Waals surface area (Å²) >= 11 is 0. The van der Waals surface area contributed by atoms with E-state index in [0.717, 1.165) is 38.5 Å². The lowest BCUT2D eigenvalue weighted by Gasteiger charge is -2.31. The third-order valence-electron chi connectivity index (χ3n) is 11.8. The number of allylic oxidation sites excluding steroid dienone is 6. The van der Waals surface area contributed by atoms with Gasteiger partial charge in [0, 0.05) is 19.3 Å². The van der Waals surface area contributed by atoms with E-state index in [-0.39, 0.29) is 36.2 Å². The minimum Gasteiger partial charge on any atom is -0.477 e. The van der Waals surface area contributed by atoms with Crippen molar-refractivity contribution in [2.24, 2.45) is 0 Å². The van der Waals surface area contributed by atoms with Crippen molar-refractivity contribution in [1.82, 2.24) is 0 Å². The van der Waals surface area contributed by atoms with Gasteiger partial charge in [-0.1, -0.05) is 192 Å². The Kier molecular flexibility index (Phi) is 43.3. The number of ether oxygens (including phenoxy) is 3. The highest BCUT2D eigenvalue weighted by Gasteiger charge is 2.31. The molecule has 8 nitrogen and oxygen atoms in total. The normalized spacial score (nSPS) is 13.1. The summed E-state index contributed by atoms with van der Waals surface area (Å²) in [5.74, 6) is -1.47. The molecule has 0 radical (unpaired) electrons. The lowest BCUT2D eigenvalue weighted by molar-refractivity contribution is -0.887. The molecule has 62 heavy (non-hydrogen) atoms. The highest BCUT2D eigenvalue weighted by molar-refractivity contribution is 5.72. The Balaban J connectivity index is 4.24. The van der Waals surface area contributed by atoms with Crippen molar-refractivity contribution in [1.29, 1.82) is 0 Å². The first kappa shape index (κ1) is 59.5. The number of aliphatic carboxylic acids is 1. The topological polar surface area (TPSA) is 99.1 Å². The molecule has 0 saturated carbocycles. The quantitative estimate of drug-likeness (QED) is 0.0214. The predicted molar refractivity (Wildman–Crippen MR) is 261 cm³/mol. The molecule has 0 aliphatic rings. The van der Waals surface area contributed by atoms with Gasteiger partial charge in [-0.15, -0.1) is 0 Å². The fraction of sp³-hybridized carbons (Fsp3) is 0.833. The molecule has 0 aliphatic heterocycles. The van der Waals surface area contributed by atoms with Crippen LogP contribution in [0.1, 0.15) is 239 Å². The van der Waals surface area contributed by atoms with Gasteiger partial charge in [-0.2, -0.15) is 0 Å². The monoisotopic (exact) mass is 875 g/mol. The first-order valence-electron chi connectivity index (χ1n) is 26.0. The number of hydrogen-bond donors (Lipinski definition) is 1. The first-order chi connectivity index (χ1) is 30.1. The van der Waals surface area contributed by atoms with Gasteiger partial charge < -0.3 is 23.8 Å². The van der Waals surface area contributed by atoms with Crippen LogP contribution in [0.15, 0.2) is 36.5 Å². The number of likely N-dealkylation sites (N-methyl/N-ethyl adjacent to an activating group) is 1. The lowest BCUT2D eigenvalue weighted by Crippen LogP contribution is -2.50. The van der Waals surface area contributed by atoms with E-state index in [2.05, 4.69) is 50.3 Å². The van der Waals surface area contributed by atoms with Gasteiger partial charge >= 0.3 is 17.9 Å².